The summed E-state index contributed by atoms with van der Waals surface area (Å²) in [6.45, 7) is 2.88. The summed E-state index contributed by atoms with van der Waals surface area (Å²) in [4.78, 5) is 0. The topological polar surface area (TPSA) is 97.9 Å². The Hall–Kier alpha value is 0.570. The van der Waals surface area contributed by atoms with E-state index in [1.165, 1.54) is 6.08 Å². The molecule has 5 nitrogen and oxygen atoms in total. The van der Waals surface area contributed by atoms with Crippen LogP contribution in [0, 0.1) is 0 Å². The second-order valence-electron chi connectivity index (χ2n) is 0.981. The Kier molecular flexibility index (Phi) is 13.0. The fourth-order valence-electron chi connectivity index (χ4n) is 0.131. The Morgan fingerprint density at radius 1 is 1.60 bits per heavy atom. The van der Waals surface area contributed by atoms with Crippen LogP contribution in [0.3, 0.4) is 0 Å². The van der Waals surface area contributed by atoms with E-state index >= 15 is 0 Å². The molecule has 0 saturated carbocycles. The molecule has 0 heterocycles. The molecular weight excluding hydrogens is 171 g/mol. The van der Waals surface area contributed by atoms with Crippen molar-refractivity contribution in [2.45, 2.75) is 0 Å². The van der Waals surface area contributed by atoms with E-state index in [1.807, 2.05) is 0 Å². The molecule has 10 heavy (non-hydrogen) atoms. The quantitative estimate of drug-likeness (QED) is 0.189. The Labute approximate surface area is 81.6 Å². The minimum Gasteiger partial charge on any atom is -0.726 e. The van der Waals surface area contributed by atoms with E-state index in [1.54, 1.807) is 0 Å². The van der Waals surface area contributed by atoms with E-state index in [-0.39, 0.29) is 41.6 Å². The van der Waals surface area contributed by atoms with Crippen LogP contribution in [0.25, 0.3) is 0 Å². The average molecular weight is 178 g/mol. The SMILES string of the molecule is C=CCOS(=O)(=O)[O-].O.[Na+]. The van der Waals surface area contributed by atoms with Crippen LogP contribution in [0.4, 0.5) is 0 Å². The van der Waals surface area contributed by atoms with Gasteiger partial charge in [0.2, 0.25) is 10.4 Å². The fourth-order valence-corrected chi connectivity index (χ4v) is 0.394. The first-order valence-corrected chi connectivity index (χ1v) is 3.11. The minimum absolute atomic E-state index is 0. The van der Waals surface area contributed by atoms with Crippen LogP contribution in [0.1, 0.15) is 0 Å². The Balaban J connectivity index is -0.000000245. The van der Waals surface area contributed by atoms with Crippen LogP contribution >= 0.6 is 0 Å². The third-order valence-electron chi connectivity index (χ3n) is 0.330. The molecule has 0 saturated heterocycles. The Morgan fingerprint density at radius 3 is 2.10 bits per heavy atom. The van der Waals surface area contributed by atoms with Crippen molar-refractivity contribution in [3.05, 3.63) is 12.7 Å². The molecule has 0 aliphatic rings. The van der Waals surface area contributed by atoms with Gasteiger partial charge in [0.15, 0.2) is 0 Å². The van der Waals surface area contributed by atoms with Gasteiger partial charge in [-0.3, -0.25) is 4.18 Å². The molecule has 0 aromatic heterocycles. The van der Waals surface area contributed by atoms with Crippen molar-refractivity contribution in [2.75, 3.05) is 6.61 Å². The molecular formula is C3H7NaO5S. The summed E-state index contributed by atoms with van der Waals surface area (Å²) in [7, 11) is -4.51. The first kappa shape index (κ1) is 16.9. The van der Waals surface area contributed by atoms with Crippen molar-refractivity contribution in [1.29, 1.82) is 0 Å². The molecule has 0 unspecified atom stereocenters. The molecule has 0 aliphatic carbocycles. The van der Waals surface area contributed by atoms with Crippen LogP contribution in [0.2, 0.25) is 0 Å². The molecule has 56 valence electrons. The van der Waals surface area contributed by atoms with Crippen molar-refractivity contribution >= 4 is 10.4 Å². The Morgan fingerprint density at radius 2 is 2.00 bits per heavy atom. The fraction of sp³-hybridized carbons (Fsp3) is 0.333. The molecule has 0 radical (unpaired) electrons. The third-order valence-corrected chi connectivity index (χ3v) is 0.755. The molecule has 0 amide bonds. The second kappa shape index (κ2) is 7.67. The van der Waals surface area contributed by atoms with Gasteiger partial charge in [0.25, 0.3) is 0 Å². The van der Waals surface area contributed by atoms with Gasteiger partial charge in [-0.2, -0.15) is 0 Å². The van der Waals surface area contributed by atoms with Gasteiger partial charge in [0.1, 0.15) is 0 Å². The van der Waals surface area contributed by atoms with E-state index in [4.69, 9.17) is 0 Å². The first-order valence-electron chi connectivity index (χ1n) is 1.77. The summed E-state index contributed by atoms with van der Waals surface area (Å²) in [5.74, 6) is 0. The van der Waals surface area contributed by atoms with E-state index in [2.05, 4.69) is 10.8 Å². The standard InChI is InChI=1S/C3H6O4S.Na.H2O/c1-2-3-7-8(4,5)6;;/h2H,1,3H2,(H,4,5,6);;1H2/q;+1;/p-1. The maximum Gasteiger partial charge on any atom is 1.00 e. The maximum atomic E-state index is 9.56. The molecule has 0 fully saturated rings. The average Bonchev–Trinajstić information content (AvgIpc) is 1.59. The molecule has 0 aromatic rings. The normalized spacial score (nSPS) is 8.90. The van der Waals surface area contributed by atoms with Gasteiger partial charge in [-0.1, -0.05) is 6.08 Å². The van der Waals surface area contributed by atoms with Crippen molar-refractivity contribution in [3.63, 3.8) is 0 Å². The van der Waals surface area contributed by atoms with Crippen molar-refractivity contribution < 1.29 is 52.2 Å². The summed E-state index contributed by atoms with van der Waals surface area (Å²) >= 11 is 0. The number of rotatable bonds is 3. The summed E-state index contributed by atoms with van der Waals surface area (Å²) < 4.78 is 32.4. The molecule has 2 N–H and O–H groups in total. The summed E-state index contributed by atoms with van der Waals surface area (Å²) in [5.41, 5.74) is 0. The number of hydrogen-bond donors (Lipinski definition) is 0. The minimum atomic E-state index is -4.51. The van der Waals surface area contributed by atoms with E-state index in [0.717, 1.165) is 0 Å². The van der Waals surface area contributed by atoms with Crippen molar-refractivity contribution in [2.24, 2.45) is 0 Å². The zero-order valence-electron chi connectivity index (χ0n) is 5.53. The van der Waals surface area contributed by atoms with Crippen LogP contribution < -0.4 is 29.6 Å². The van der Waals surface area contributed by atoms with Crippen molar-refractivity contribution in [3.8, 4) is 0 Å². The molecule has 0 rings (SSSR count). The summed E-state index contributed by atoms with van der Waals surface area (Å²) in [6, 6.07) is 0. The molecule has 0 spiro atoms. The van der Waals surface area contributed by atoms with E-state index in [0.29, 0.717) is 0 Å². The van der Waals surface area contributed by atoms with E-state index < -0.39 is 10.4 Å². The van der Waals surface area contributed by atoms with Crippen LogP contribution in [0.15, 0.2) is 12.7 Å². The largest absolute Gasteiger partial charge is 1.00 e. The van der Waals surface area contributed by atoms with Crippen LogP contribution in [0.5, 0.6) is 0 Å². The Bertz CT molecular complexity index is 162. The molecule has 7 heteroatoms. The predicted molar refractivity (Wildman–Crippen MR) is 29.5 cm³/mol. The predicted octanol–water partition coefficient (Wildman–Crippen LogP) is -4.17. The van der Waals surface area contributed by atoms with Gasteiger partial charge in [-0.25, -0.2) is 8.42 Å². The van der Waals surface area contributed by atoms with Crippen LogP contribution in [-0.2, 0) is 14.6 Å². The zero-order valence-corrected chi connectivity index (χ0v) is 8.35. The molecule has 0 aromatic carbocycles. The number of hydrogen-bond acceptors (Lipinski definition) is 4. The smallest absolute Gasteiger partial charge is 0.726 e. The molecule has 0 aliphatic heterocycles. The monoisotopic (exact) mass is 178 g/mol. The zero-order chi connectivity index (χ0) is 6.62. The van der Waals surface area contributed by atoms with Gasteiger partial charge in [0, 0.05) is 0 Å². The first-order chi connectivity index (χ1) is 3.56. The molecule has 0 bridgehead atoms. The summed E-state index contributed by atoms with van der Waals surface area (Å²) in [6.07, 6.45) is 1.18. The summed E-state index contributed by atoms with van der Waals surface area (Å²) in [5, 5.41) is 0. The maximum absolute atomic E-state index is 9.56. The van der Waals surface area contributed by atoms with Crippen molar-refractivity contribution in [1.82, 2.24) is 0 Å². The second-order valence-corrected chi connectivity index (χ2v) is 2.03. The van der Waals surface area contributed by atoms with Gasteiger partial charge in [-0.05, 0) is 0 Å². The molecule has 0 atom stereocenters. The van der Waals surface area contributed by atoms with Gasteiger partial charge in [0.05, 0.1) is 6.61 Å². The van der Waals surface area contributed by atoms with Crippen LogP contribution in [-0.4, -0.2) is 25.1 Å². The van der Waals surface area contributed by atoms with E-state index in [9.17, 15) is 13.0 Å². The van der Waals surface area contributed by atoms with Gasteiger partial charge in [-0.15, -0.1) is 6.58 Å². The van der Waals surface area contributed by atoms with Gasteiger partial charge >= 0.3 is 29.6 Å². The third kappa shape index (κ3) is 15.8. The van der Waals surface area contributed by atoms with Gasteiger partial charge < -0.3 is 10.0 Å².